The monoisotopic (exact) mass is 346 g/mol. The topological polar surface area (TPSA) is 23.6 Å². The van der Waals surface area contributed by atoms with Crippen molar-refractivity contribution in [3.8, 4) is 0 Å². The number of hydrogen-bond acceptors (Lipinski definition) is 2. The maximum Gasteiger partial charge on any atom is 0.256 e. The van der Waals surface area contributed by atoms with E-state index in [-0.39, 0.29) is 5.56 Å². The summed E-state index contributed by atoms with van der Waals surface area (Å²) in [5.74, 6) is -1.69. The van der Waals surface area contributed by atoms with E-state index in [0.29, 0.717) is 13.1 Å². The van der Waals surface area contributed by atoms with Gasteiger partial charge in [-0.2, -0.15) is 0 Å². The fourth-order valence-corrected chi connectivity index (χ4v) is 2.85. The van der Waals surface area contributed by atoms with Crippen LogP contribution < -0.4 is 0 Å². The summed E-state index contributed by atoms with van der Waals surface area (Å²) in [4.78, 5) is 16.1. The number of halogens is 3. The highest BCUT2D eigenvalue weighted by Gasteiger charge is 2.22. The zero-order chi connectivity index (χ0) is 14.5. The Morgan fingerprint density at radius 3 is 2.75 bits per heavy atom. The van der Waals surface area contributed by atoms with Crippen LogP contribution in [-0.4, -0.2) is 53.8 Å². The molecule has 1 aromatic rings. The molecule has 1 amide bonds. The van der Waals surface area contributed by atoms with E-state index in [0.717, 1.165) is 49.6 Å². The molecule has 0 bridgehead atoms. The van der Waals surface area contributed by atoms with Gasteiger partial charge in [0.05, 0.1) is 5.56 Å². The van der Waals surface area contributed by atoms with Crippen LogP contribution in [0.25, 0.3) is 0 Å². The van der Waals surface area contributed by atoms with Gasteiger partial charge < -0.3 is 9.80 Å². The number of nitrogens with zero attached hydrogens (tertiary/aromatic N) is 2. The van der Waals surface area contributed by atoms with Crippen molar-refractivity contribution in [2.24, 2.45) is 0 Å². The lowest BCUT2D eigenvalue weighted by atomic mass is 10.1. The number of carbonyl (C=O) groups is 1. The van der Waals surface area contributed by atoms with Crippen molar-refractivity contribution in [3.63, 3.8) is 0 Å². The third-order valence-electron chi connectivity index (χ3n) is 3.44. The predicted octanol–water partition coefficient (Wildman–Crippen LogP) is 2.51. The molecule has 1 aliphatic rings. The van der Waals surface area contributed by atoms with E-state index in [9.17, 15) is 13.6 Å². The highest BCUT2D eigenvalue weighted by atomic mass is 79.9. The molecule has 0 aliphatic carbocycles. The second-order valence-electron chi connectivity index (χ2n) is 4.80. The molecule has 0 radical (unpaired) electrons. The highest BCUT2D eigenvalue weighted by Crippen LogP contribution is 2.14. The van der Waals surface area contributed by atoms with E-state index in [1.54, 1.807) is 4.90 Å². The van der Waals surface area contributed by atoms with Crippen molar-refractivity contribution in [1.82, 2.24) is 9.80 Å². The van der Waals surface area contributed by atoms with E-state index in [1.807, 2.05) is 0 Å². The predicted molar refractivity (Wildman–Crippen MR) is 77.1 cm³/mol. The van der Waals surface area contributed by atoms with Gasteiger partial charge >= 0.3 is 0 Å². The number of benzene rings is 1. The molecule has 1 heterocycles. The standard InChI is InChI=1S/C14H17BrF2N2O/c15-4-7-18-5-1-6-19(9-8-18)14(20)12-10-11(16)2-3-13(12)17/h2-3,10H,1,4-9H2. The van der Waals surface area contributed by atoms with Gasteiger partial charge in [-0.1, -0.05) is 15.9 Å². The Labute approximate surface area is 125 Å². The lowest BCUT2D eigenvalue weighted by molar-refractivity contribution is 0.0756. The average molecular weight is 347 g/mol. The molecule has 2 rings (SSSR count). The van der Waals surface area contributed by atoms with E-state index in [2.05, 4.69) is 20.8 Å². The van der Waals surface area contributed by atoms with Crippen molar-refractivity contribution in [1.29, 1.82) is 0 Å². The Bertz CT molecular complexity index is 484. The van der Waals surface area contributed by atoms with Gasteiger partial charge in [-0.15, -0.1) is 0 Å². The molecular formula is C14H17BrF2N2O. The molecule has 3 nitrogen and oxygen atoms in total. The minimum atomic E-state index is -0.669. The summed E-state index contributed by atoms with van der Waals surface area (Å²) >= 11 is 3.40. The number of alkyl halides is 1. The maximum absolute atomic E-state index is 13.6. The first-order chi connectivity index (χ1) is 9.61. The van der Waals surface area contributed by atoms with Gasteiger partial charge in [0.1, 0.15) is 11.6 Å². The minimum absolute atomic E-state index is 0.182. The average Bonchev–Trinajstić information content (AvgIpc) is 2.67. The molecule has 6 heteroatoms. The molecule has 0 N–H and O–H groups in total. The SMILES string of the molecule is O=C(c1cc(F)ccc1F)N1CCCN(CCBr)CC1. The first-order valence-corrected chi connectivity index (χ1v) is 7.76. The van der Waals surface area contributed by atoms with Crippen LogP contribution in [0.5, 0.6) is 0 Å². The second kappa shape index (κ2) is 7.13. The van der Waals surface area contributed by atoms with Gasteiger partial charge in [-0.05, 0) is 31.2 Å². The number of carbonyl (C=O) groups excluding carboxylic acids is 1. The summed E-state index contributed by atoms with van der Waals surface area (Å²) in [6.45, 7) is 3.72. The Hall–Kier alpha value is -1.01. The summed E-state index contributed by atoms with van der Waals surface area (Å²) < 4.78 is 26.8. The normalized spacial score (nSPS) is 17.1. The quantitative estimate of drug-likeness (QED) is 0.785. The van der Waals surface area contributed by atoms with Crippen LogP contribution in [-0.2, 0) is 0 Å². The molecule has 0 saturated carbocycles. The van der Waals surface area contributed by atoms with Crippen molar-refractivity contribution in [3.05, 3.63) is 35.4 Å². The first-order valence-electron chi connectivity index (χ1n) is 6.64. The molecule has 1 aromatic carbocycles. The van der Waals surface area contributed by atoms with E-state index >= 15 is 0 Å². The highest BCUT2D eigenvalue weighted by molar-refractivity contribution is 9.09. The van der Waals surface area contributed by atoms with Crippen LogP contribution in [0.15, 0.2) is 18.2 Å². The summed E-state index contributed by atoms with van der Waals surface area (Å²) in [7, 11) is 0. The third-order valence-corrected chi connectivity index (χ3v) is 3.79. The smallest absolute Gasteiger partial charge is 0.256 e. The molecule has 0 spiro atoms. The van der Waals surface area contributed by atoms with Crippen LogP contribution in [0.2, 0.25) is 0 Å². The fourth-order valence-electron chi connectivity index (χ4n) is 2.35. The molecule has 1 aliphatic heterocycles. The molecule has 20 heavy (non-hydrogen) atoms. The Balaban J connectivity index is 2.07. The van der Waals surface area contributed by atoms with Gasteiger partial charge in [0, 0.05) is 31.5 Å². The van der Waals surface area contributed by atoms with Crippen LogP contribution in [0, 0.1) is 11.6 Å². The number of hydrogen-bond donors (Lipinski definition) is 0. The van der Waals surface area contributed by atoms with Gasteiger partial charge in [-0.3, -0.25) is 4.79 Å². The maximum atomic E-state index is 13.6. The van der Waals surface area contributed by atoms with Crippen LogP contribution in [0.4, 0.5) is 8.78 Å². The molecule has 1 saturated heterocycles. The number of rotatable bonds is 3. The summed E-state index contributed by atoms with van der Waals surface area (Å²) in [6.07, 6.45) is 0.843. The lowest BCUT2D eigenvalue weighted by Crippen LogP contribution is -2.36. The molecule has 110 valence electrons. The first kappa shape index (κ1) is 15.4. The zero-order valence-corrected chi connectivity index (χ0v) is 12.7. The molecule has 0 aromatic heterocycles. The van der Waals surface area contributed by atoms with Crippen molar-refractivity contribution >= 4 is 21.8 Å². The fraction of sp³-hybridized carbons (Fsp3) is 0.500. The van der Waals surface area contributed by atoms with Crippen molar-refractivity contribution in [2.75, 3.05) is 38.1 Å². The van der Waals surface area contributed by atoms with Crippen molar-refractivity contribution in [2.45, 2.75) is 6.42 Å². The zero-order valence-electron chi connectivity index (χ0n) is 11.1. The van der Waals surface area contributed by atoms with Crippen molar-refractivity contribution < 1.29 is 13.6 Å². The van der Waals surface area contributed by atoms with Crippen LogP contribution >= 0.6 is 15.9 Å². The van der Waals surface area contributed by atoms with Gasteiger partial charge in [0.25, 0.3) is 5.91 Å². The van der Waals surface area contributed by atoms with Crippen LogP contribution in [0.1, 0.15) is 16.8 Å². The lowest BCUT2D eigenvalue weighted by Gasteiger charge is -2.21. The number of amides is 1. The van der Waals surface area contributed by atoms with Gasteiger partial charge in [0.15, 0.2) is 0 Å². The molecular weight excluding hydrogens is 330 g/mol. The molecule has 0 atom stereocenters. The van der Waals surface area contributed by atoms with E-state index in [1.165, 1.54) is 0 Å². The van der Waals surface area contributed by atoms with E-state index < -0.39 is 17.5 Å². The summed E-state index contributed by atoms with van der Waals surface area (Å²) in [5.41, 5.74) is -0.182. The Morgan fingerprint density at radius 1 is 1.20 bits per heavy atom. The Kier molecular flexibility index (Phi) is 5.48. The second-order valence-corrected chi connectivity index (χ2v) is 5.59. The van der Waals surface area contributed by atoms with Crippen LogP contribution in [0.3, 0.4) is 0 Å². The van der Waals surface area contributed by atoms with E-state index in [4.69, 9.17) is 0 Å². The van der Waals surface area contributed by atoms with Gasteiger partial charge in [-0.25, -0.2) is 8.78 Å². The summed E-state index contributed by atoms with van der Waals surface area (Å²) in [5, 5.41) is 0.888. The summed E-state index contributed by atoms with van der Waals surface area (Å²) in [6, 6.07) is 2.99. The largest absolute Gasteiger partial charge is 0.337 e. The minimum Gasteiger partial charge on any atom is -0.337 e. The third kappa shape index (κ3) is 3.76. The Morgan fingerprint density at radius 2 is 2.00 bits per heavy atom. The molecule has 0 unspecified atom stereocenters. The van der Waals surface area contributed by atoms with Gasteiger partial charge in [0.2, 0.25) is 0 Å². The molecule has 1 fully saturated rings.